The maximum Gasteiger partial charge on any atom is 0.331 e. The number of carbonyl (C=O) groups is 2. The molecule has 0 unspecified atom stereocenters. The molecule has 0 radical (unpaired) electrons. The molecule has 0 fully saturated rings. The van der Waals surface area contributed by atoms with Crippen molar-refractivity contribution in [2.45, 2.75) is 6.92 Å². The van der Waals surface area contributed by atoms with Crippen molar-refractivity contribution in [3.05, 3.63) is 78.0 Å². The lowest BCUT2D eigenvalue weighted by Gasteiger charge is -2.05. The highest BCUT2D eigenvalue weighted by molar-refractivity contribution is 5.96. The number of anilines is 1. The number of aryl methyl sites for hydroxylation is 1. The van der Waals surface area contributed by atoms with Gasteiger partial charge >= 0.3 is 5.97 Å². The van der Waals surface area contributed by atoms with Crippen molar-refractivity contribution in [2.24, 2.45) is 0 Å². The van der Waals surface area contributed by atoms with E-state index in [1.807, 2.05) is 49.4 Å². The molecule has 0 spiro atoms. The maximum absolute atomic E-state index is 11.8. The third-order valence-corrected chi connectivity index (χ3v) is 3.74. The van der Waals surface area contributed by atoms with Crippen molar-refractivity contribution in [3.8, 4) is 0 Å². The number of para-hydroxylation sites is 1. The summed E-state index contributed by atoms with van der Waals surface area (Å²) in [7, 11) is 0. The molecule has 1 N–H and O–H groups in total. The van der Waals surface area contributed by atoms with Crippen molar-refractivity contribution in [2.75, 3.05) is 11.9 Å². The van der Waals surface area contributed by atoms with Crippen molar-refractivity contribution in [1.29, 1.82) is 0 Å². The number of hydrogen-bond acceptors (Lipinski definition) is 4. The summed E-state index contributed by atoms with van der Waals surface area (Å²) in [5.74, 6) is -0.973. The molecule has 1 aromatic heterocycles. The average molecular weight is 346 g/mol. The van der Waals surface area contributed by atoms with Crippen LogP contribution in [0, 0.1) is 6.92 Å². The number of fused-ring (bicyclic) bond motifs is 1. The Bertz CT molecular complexity index is 957. The van der Waals surface area contributed by atoms with Gasteiger partial charge < -0.3 is 10.1 Å². The highest BCUT2D eigenvalue weighted by Crippen LogP contribution is 2.17. The predicted molar refractivity (Wildman–Crippen MR) is 102 cm³/mol. The Balaban J connectivity index is 1.55. The molecule has 26 heavy (non-hydrogen) atoms. The summed E-state index contributed by atoms with van der Waals surface area (Å²) >= 11 is 0. The van der Waals surface area contributed by atoms with E-state index in [1.54, 1.807) is 24.4 Å². The second kappa shape index (κ2) is 8.07. The fourth-order valence-corrected chi connectivity index (χ4v) is 2.44. The quantitative estimate of drug-likeness (QED) is 0.564. The molecule has 0 bridgehead atoms. The van der Waals surface area contributed by atoms with Crippen molar-refractivity contribution >= 4 is 34.5 Å². The molecule has 5 heteroatoms. The standard InChI is InChI=1S/C21H18N2O3/c1-15-7-10-18(11-8-15)23-19(24)14-26-20(25)12-9-17-5-2-4-16-6-3-13-22-21(16)17/h2-13H,14H2,1H3,(H,23,24)/b12-9+. The molecule has 0 aliphatic rings. The molecule has 0 atom stereocenters. The van der Waals surface area contributed by atoms with E-state index in [-0.39, 0.29) is 12.5 Å². The monoisotopic (exact) mass is 346 g/mol. The zero-order valence-electron chi connectivity index (χ0n) is 14.3. The van der Waals surface area contributed by atoms with Gasteiger partial charge in [0.05, 0.1) is 5.52 Å². The summed E-state index contributed by atoms with van der Waals surface area (Å²) in [5, 5.41) is 3.66. The third-order valence-electron chi connectivity index (χ3n) is 3.74. The van der Waals surface area contributed by atoms with E-state index in [9.17, 15) is 9.59 Å². The van der Waals surface area contributed by atoms with E-state index in [2.05, 4.69) is 10.3 Å². The fraction of sp³-hybridized carbons (Fsp3) is 0.0952. The first-order valence-electron chi connectivity index (χ1n) is 8.17. The van der Waals surface area contributed by atoms with Crippen molar-refractivity contribution in [3.63, 3.8) is 0 Å². The van der Waals surface area contributed by atoms with Crippen LogP contribution in [0.15, 0.2) is 66.9 Å². The molecular weight excluding hydrogens is 328 g/mol. The molecule has 0 aliphatic heterocycles. The normalized spacial score (nSPS) is 10.8. The van der Waals surface area contributed by atoms with Gasteiger partial charge in [-0.05, 0) is 31.2 Å². The van der Waals surface area contributed by atoms with E-state index >= 15 is 0 Å². The Kier molecular flexibility index (Phi) is 5.39. The highest BCUT2D eigenvalue weighted by Gasteiger charge is 2.06. The van der Waals surface area contributed by atoms with E-state index in [4.69, 9.17) is 4.74 Å². The second-order valence-corrected chi connectivity index (χ2v) is 5.78. The molecular formula is C21H18N2O3. The van der Waals surface area contributed by atoms with Gasteiger partial charge in [-0.2, -0.15) is 0 Å². The summed E-state index contributed by atoms with van der Waals surface area (Å²) in [6.07, 6.45) is 4.63. The topological polar surface area (TPSA) is 68.3 Å². The van der Waals surface area contributed by atoms with Gasteiger partial charge in [-0.25, -0.2) is 4.79 Å². The number of carbonyl (C=O) groups excluding carboxylic acids is 2. The molecule has 3 rings (SSSR count). The predicted octanol–water partition coefficient (Wildman–Crippen LogP) is 3.74. The van der Waals surface area contributed by atoms with Crippen molar-refractivity contribution < 1.29 is 14.3 Å². The zero-order chi connectivity index (χ0) is 18.4. The molecule has 1 heterocycles. The number of ether oxygens (including phenoxy) is 1. The average Bonchev–Trinajstić information content (AvgIpc) is 2.66. The lowest BCUT2D eigenvalue weighted by atomic mass is 10.1. The fourth-order valence-electron chi connectivity index (χ4n) is 2.44. The van der Waals surface area contributed by atoms with Crippen LogP contribution in [-0.2, 0) is 14.3 Å². The Morgan fingerprint density at radius 2 is 1.85 bits per heavy atom. The molecule has 3 aromatic rings. The van der Waals surface area contributed by atoms with Gasteiger partial charge in [-0.3, -0.25) is 9.78 Å². The van der Waals surface area contributed by atoms with Crippen LogP contribution < -0.4 is 5.32 Å². The summed E-state index contributed by atoms with van der Waals surface area (Å²) in [6.45, 7) is 1.62. The minimum atomic E-state index is -0.586. The van der Waals surface area contributed by atoms with Gasteiger partial charge in [0, 0.05) is 28.9 Å². The Morgan fingerprint density at radius 1 is 1.08 bits per heavy atom. The van der Waals surface area contributed by atoms with Gasteiger partial charge in [-0.15, -0.1) is 0 Å². The number of benzene rings is 2. The smallest absolute Gasteiger partial charge is 0.331 e. The Morgan fingerprint density at radius 3 is 2.65 bits per heavy atom. The van der Waals surface area contributed by atoms with Crippen LogP contribution >= 0.6 is 0 Å². The zero-order valence-corrected chi connectivity index (χ0v) is 14.3. The van der Waals surface area contributed by atoms with E-state index in [0.717, 1.165) is 22.0 Å². The molecule has 1 amide bonds. The number of esters is 1. The second-order valence-electron chi connectivity index (χ2n) is 5.78. The molecule has 0 aliphatic carbocycles. The van der Waals surface area contributed by atoms with Crippen molar-refractivity contribution in [1.82, 2.24) is 4.98 Å². The largest absolute Gasteiger partial charge is 0.452 e. The number of nitrogens with zero attached hydrogens (tertiary/aromatic N) is 1. The van der Waals surface area contributed by atoms with Crippen LogP contribution in [0.2, 0.25) is 0 Å². The molecule has 130 valence electrons. The van der Waals surface area contributed by atoms with Gasteiger partial charge in [0.2, 0.25) is 0 Å². The molecule has 2 aromatic carbocycles. The van der Waals surface area contributed by atoms with E-state index < -0.39 is 5.97 Å². The van der Waals surface area contributed by atoms with Crippen LogP contribution in [-0.4, -0.2) is 23.5 Å². The number of aromatic nitrogens is 1. The minimum absolute atomic E-state index is 0.342. The number of pyridine rings is 1. The van der Waals surface area contributed by atoms with Crippen LogP contribution in [0.25, 0.3) is 17.0 Å². The maximum atomic E-state index is 11.8. The van der Waals surface area contributed by atoms with Gasteiger partial charge in [0.25, 0.3) is 5.91 Å². The first-order chi connectivity index (χ1) is 12.6. The molecule has 0 saturated carbocycles. The molecule has 0 saturated heterocycles. The Hall–Kier alpha value is -3.47. The van der Waals surface area contributed by atoms with Gasteiger partial charge in [-0.1, -0.05) is 42.0 Å². The van der Waals surface area contributed by atoms with Crippen LogP contribution in [0.3, 0.4) is 0 Å². The summed E-state index contributed by atoms with van der Waals surface area (Å²) < 4.78 is 4.98. The number of amides is 1. The van der Waals surface area contributed by atoms with E-state index in [0.29, 0.717) is 5.69 Å². The minimum Gasteiger partial charge on any atom is -0.452 e. The van der Waals surface area contributed by atoms with Crippen LogP contribution in [0.4, 0.5) is 5.69 Å². The highest BCUT2D eigenvalue weighted by atomic mass is 16.5. The first kappa shape index (κ1) is 17.4. The number of hydrogen-bond donors (Lipinski definition) is 1. The third kappa shape index (κ3) is 4.54. The van der Waals surface area contributed by atoms with Gasteiger partial charge in [0.15, 0.2) is 6.61 Å². The lowest BCUT2D eigenvalue weighted by molar-refractivity contribution is -0.142. The molecule has 5 nitrogen and oxygen atoms in total. The van der Waals surface area contributed by atoms with Crippen LogP contribution in [0.1, 0.15) is 11.1 Å². The number of rotatable bonds is 5. The summed E-state index contributed by atoms with van der Waals surface area (Å²) in [4.78, 5) is 28.0. The Labute approximate surface area is 151 Å². The summed E-state index contributed by atoms with van der Waals surface area (Å²) in [6, 6.07) is 16.9. The first-order valence-corrected chi connectivity index (χ1v) is 8.17. The lowest BCUT2D eigenvalue weighted by Crippen LogP contribution is -2.20. The van der Waals surface area contributed by atoms with Gasteiger partial charge in [0.1, 0.15) is 0 Å². The van der Waals surface area contributed by atoms with Crippen LogP contribution in [0.5, 0.6) is 0 Å². The van der Waals surface area contributed by atoms with E-state index in [1.165, 1.54) is 6.08 Å². The SMILES string of the molecule is Cc1ccc(NC(=O)COC(=O)/C=C/c2cccc3cccnc23)cc1. The number of nitrogens with one attached hydrogen (secondary N) is 1. The summed E-state index contributed by atoms with van der Waals surface area (Å²) in [5.41, 5.74) is 3.37.